The van der Waals surface area contributed by atoms with E-state index in [0.717, 1.165) is 31.5 Å². The number of benzene rings is 1. The summed E-state index contributed by atoms with van der Waals surface area (Å²) in [4.78, 5) is 14.0. The van der Waals surface area contributed by atoms with Gasteiger partial charge in [0, 0.05) is 19.2 Å². The molecule has 1 saturated heterocycles. The van der Waals surface area contributed by atoms with Gasteiger partial charge in [0.15, 0.2) is 0 Å². The molecule has 1 fully saturated rings. The van der Waals surface area contributed by atoms with Crippen LogP contribution in [-0.2, 0) is 4.79 Å². The van der Waals surface area contributed by atoms with Gasteiger partial charge in [-0.3, -0.25) is 4.79 Å². The Morgan fingerprint density at radius 3 is 2.56 bits per heavy atom. The van der Waals surface area contributed by atoms with E-state index in [1.165, 1.54) is 18.4 Å². The third kappa shape index (κ3) is 3.73. The number of rotatable bonds is 2. The summed E-state index contributed by atoms with van der Waals surface area (Å²) < 4.78 is 0. The van der Waals surface area contributed by atoms with Crippen LogP contribution >= 0.6 is 0 Å². The molecule has 1 heterocycles. The SMILES string of the molecule is Cc1cccc(C=CC(=O)N2CCCCCC2)c1. The van der Waals surface area contributed by atoms with Crippen molar-refractivity contribution >= 4 is 12.0 Å². The van der Waals surface area contributed by atoms with E-state index in [9.17, 15) is 4.79 Å². The summed E-state index contributed by atoms with van der Waals surface area (Å²) in [6.07, 6.45) is 8.42. The first-order valence-electron chi connectivity index (χ1n) is 6.79. The molecule has 0 spiro atoms. The molecule has 0 unspecified atom stereocenters. The predicted octanol–water partition coefficient (Wildman–Crippen LogP) is 3.41. The first-order valence-corrected chi connectivity index (χ1v) is 6.79. The number of carbonyl (C=O) groups excluding carboxylic acids is 1. The molecule has 0 aromatic heterocycles. The second-order valence-corrected chi connectivity index (χ2v) is 4.99. The van der Waals surface area contributed by atoms with Crippen molar-refractivity contribution in [1.29, 1.82) is 0 Å². The normalized spacial score (nSPS) is 16.8. The van der Waals surface area contributed by atoms with Crippen LogP contribution < -0.4 is 0 Å². The molecular formula is C16H21NO. The van der Waals surface area contributed by atoms with E-state index < -0.39 is 0 Å². The fourth-order valence-corrected chi connectivity index (χ4v) is 2.34. The van der Waals surface area contributed by atoms with E-state index in [0.29, 0.717) is 0 Å². The van der Waals surface area contributed by atoms with Crippen molar-refractivity contribution in [2.75, 3.05) is 13.1 Å². The van der Waals surface area contributed by atoms with E-state index in [1.54, 1.807) is 6.08 Å². The standard InChI is InChI=1S/C16H21NO/c1-14-7-6-8-15(13-14)9-10-16(18)17-11-4-2-3-5-12-17/h6-10,13H,2-5,11-12H2,1H3. The van der Waals surface area contributed by atoms with Crippen LogP contribution in [0.1, 0.15) is 36.8 Å². The van der Waals surface area contributed by atoms with Crippen LogP contribution in [0.3, 0.4) is 0 Å². The number of likely N-dealkylation sites (tertiary alicyclic amines) is 1. The zero-order chi connectivity index (χ0) is 12.8. The minimum Gasteiger partial charge on any atom is -0.339 e. The zero-order valence-electron chi connectivity index (χ0n) is 11.1. The molecule has 96 valence electrons. The number of hydrogen-bond acceptors (Lipinski definition) is 1. The molecule has 0 aliphatic carbocycles. The van der Waals surface area contributed by atoms with E-state index in [1.807, 2.05) is 23.1 Å². The largest absolute Gasteiger partial charge is 0.339 e. The smallest absolute Gasteiger partial charge is 0.246 e. The van der Waals surface area contributed by atoms with Crippen molar-refractivity contribution in [3.8, 4) is 0 Å². The highest BCUT2D eigenvalue weighted by atomic mass is 16.2. The molecule has 0 atom stereocenters. The molecule has 1 aromatic carbocycles. The molecule has 2 nitrogen and oxygen atoms in total. The maximum atomic E-state index is 12.0. The first-order chi connectivity index (χ1) is 8.75. The Hall–Kier alpha value is -1.57. The number of nitrogens with zero attached hydrogens (tertiary/aromatic N) is 1. The highest BCUT2D eigenvalue weighted by Crippen LogP contribution is 2.11. The summed E-state index contributed by atoms with van der Waals surface area (Å²) in [6.45, 7) is 3.89. The molecule has 1 aliphatic heterocycles. The molecule has 2 heteroatoms. The summed E-state index contributed by atoms with van der Waals surface area (Å²) in [7, 11) is 0. The average molecular weight is 243 g/mol. The molecule has 0 bridgehead atoms. The van der Waals surface area contributed by atoms with Crippen LogP contribution in [-0.4, -0.2) is 23.9 Å². The van der Waals surface area contributed by atoms with E-state index in [-0.39, 0.29) is 5.91 Å². The molecule has 2 rings (SSSR count). The third-order valence-electron chi connectivity index (χ3n) is 3.38. The van der Waals surface area contributed by atoms with Gasteiger partial charge in [-0.2, -0.15) is 0 Å². The van der Waals surface area contributed by atoms with Gasteiger partial charge in [0.1, 0.15) is 0 Å². The van der Waals surface area contributed by atoms with Crippen molar-refractivity contribution in [3.05, 3.63) is 41.5 Å². The Morgan fingerprint density at radius 1 is 1.17 bits per heavy atom. The van der Waals surface area contributed by atoms with Crippen molar-refractivity contribution < 1.29 is 4.79 Å². The first kappa shape index (κ1) is 12.9. The van der Waals surface area contributed by atoms with Gasteiger partial charge >= 0.3 is 0 Å². The lowest BCUT2D eigenvalue weighted by atomic mass is 10.1. The quantitative estimate of drug-likeness (QED) is 0.729. The maximum Gasteiger partial charge on any atom is 0.246 e. The Labute approximate surface area is 109 Å². The maximum absolute atomic E-state index is 12.0. The molecular weight excluding hydrogens is 222 g/mol. The molecule has 0 N–H and O–H groups in total. The van der Waals surface area contributed by atoms with Crippen LogP contribution in [0.4, 0.5) is 0 Å². The number of aryl methyl sites for hydroxylation is 1. The highest BCUT2D eigenvalue weighted by Gasteiger charge is 2.12. The van der Waals surface area contributed by atoms with Crippen molar-refractivity contribution in [3.63, 3.8) is 0 Å². The minimum atomic E-state index is 0.151. The van der Waals surface area contributed by atoms with Gasteiger partial charge in [-0.1, -0.05) is 42.7 Å². The Kier molecular flexibility index (Phi) is 4.57. The second-order valence-electron chi connectivity index (χ2n) is 4.99. The van der Waals surface area contributed by atoms with Gasteiger partial charge in [0.2, 0.25) is 5.91 Å². The Bertz CT molecular complexity index is 428. The molecule has 1 aliphatic rings. The van der Waals surface area contributed by atoms with Gasteiger partial charge < -0.3 is 4.90 Å². The number of hydrogen-bond donors (Lipinski definition) is 0. The van der Waals surface area contributed by atoms with Crippen molar-refractivity contribution in [2.24, 2.45) is 0 Å². The minimum absolute atomic E-state index is 0.151. The lowest BCUT2D eigenvalue weighted by Crippen LogP contribution is -2.30. The summed E-state index contributed by atoms with van der Waals surface area (Å²) in [6, 6.07) is 8.20. The molecule has 18 heavy (non-hydrogen) atoms. The van der Waals surface area contributed by atoms with Crippen LogP contribution in [0.25, 0.3) is 6.08 Å². The van der Waals surface area contributed by atoms with Crippen LogP contribution in [0.5, 0.6) is 0 Å². The summed E-state index contributed by atoms with van der Waals surface area (Å²) in [5.41, 5.74) is 2.32. The van der Waals surface area contributed by atoms with Crippen LogP contribution in [0.2, 0.25) is 0 Å². The van der Waals surface area contributed by atoms with Crippen LogP contribution in [0.15, 0.2) is 30.3 Å². The number of amides is 1. The summed E-state index contributed by atoms with van der Waals surface area (Å²) in [5, 5.41) is 0. The fourth-order valence-electron chi connectivity index (χ4n) is 2.34. The Morgan fingerprint density at radius 2 is 1.89 bits per heavy atom. The van der Waals surface area contributed by atoms with E-state index in [2.05, 4.69) is 19.1 Å². The summed E-state index contributed by atoms with van der Waals surface area (Å²) >= 11 is 0. The lowest BCUT2D eigenvalue weighted by Gasteiger charge is -2.17. The zero-order valence-corrected chi connectivity index (χ0v) is 11.1. The van der Waals surface area contributed by atoms with Gasteiger partial charge in [0.25, 0.3) is 0 Å². The van der Waals surface area contributed by atoms with Gasteiger partial charge in [-0.15, -0.1) is 0 Å². The average Bonchev–Trinajstić information content (AvgIpc) is 2.65. The van der Waals surface area contributed by atoms with E-state index in [4.69, 9.17) is 0 Å². The van der Waals surface area contributed by atoms with Gasteiger partial charge in [-0.25, -0.2) is 0 Å². The number of carbonyl (C=O) groups is 1. The van der Waals surface area contributed by atoms with E-state index >= 15 is 0 Å². The van der Waals surface area contributed by atoms with Crippen LogP contribution in [0, 0.1) is 6.92 Å². The second kappa shape index (κ2) is 6.39. The molecule has 0 saturated carbocycles. The molecule has 1 aromatic rings. The van der Waals surface area contributed by atoms with Gasteiger partial charge in [0.05, 0.1) is 0 Å². The predicted molar refractivity (Wildman–Crippen MR) is 75.3 cm³/mol. The van der Waals surface area contributed by atoms with Crippen molar-refractivity contribution in [2.45, 2.75) is 32.6 Å². The van der Waals surface area contributed by atoms with Crippen molar-refractivity contribution in [1.82, 2.24) is 4.90 Å². The lowest BCUT2D eigenvalue weighted by molar-refractivity contribution is -0.125. The third-order valence-corrected chi connectivity index (χ3v) is 3.38. The highest BCUT2D eigenvalue weighted by molar-refractivity contribution is 5.91. The topological polar surface area (TPSA) is 20.3 Å². The van der Waals surface area contributed by atoms with Gasteiger partial charge in [-0.05, 0) is 31.4 Å². The Balaban J connectivity index is 1.97. The summed E-state index contributed by atoms with van der Waals surface area (Å²) in [5.74, 6) is 0.151. The fraction of sp³-hybridized carbons (Fsp3) is 0.438. The molecule has 1 amide bonds. The molecule has 0 radical (unpaired) electrons. The monoisotopic (exact) mass is 243 g/mol.